The Morgan fingerprint density at radius 2 is 2.00 bits per heavy atom. The van der Waals surface area contributed by atoms with Gasteiger partial charge in [-0.25, -0.2) is 10.2 Å². The topological polar surface area (TPSA) is 72.4 Å². The summed E-state index contributed by atoms with van der Waals surface area (Å²) in [6, 6.07) is 12.8. The van der Waals surface area contributed by atoms with Gasteiger partial charge in [0.05, 0.1) is 16.3 Å². The van der Waals surface area contributed by atoms with E-state index in [1.54, 1.807) is 12.3 Å². The van der Waals surface area contributed by atoms with E-state index in [-0.39, 0.29) is 0 Å². The number of rotatable bonds is 4. The van der Waals surface area contributed by atoms with Gasteiger partial charge < -0.3 is 10.3 Å². The van der Waals surface area contributed by atoms with Crippen LogP contribution in [0.4, 0.5) is 4.79 Å². The Labute approximate surface area is 148 Å². The molecule has 3 aromatic rings. The van der Waals surface area contributed by atoms with Crippen LogP contribution in [0.1, 0.15) is 11.1 Å². The van der Waals surface area contributed by atoms with Crippen LogP contribution in [-0.2, 0) is 6.54 Å². The normalized spacial score (nSPS) is 11.2. The van der Waals surface area contributed by atoms with Crippen molar-refractivity contribution in [3.05, 3.63) is 69.8 Å². The number of nitrogens with two attached hydrogens (primary N) is 1. The summed E-state index contributed by atoms with van der Waals surface area (Å²) in [5, 5.41) is 5.91. The molecule has 3 rings (SSSR count). The molecular weight excluding hydrogens is 347 g/mol. The van der Waals surface area contributed by atoms with Crippen molar-refractivity contribution in [2.24, 2.45) is 10.8 Å². The van der Waals surface area contributed by atoms with Crippen molar-refractivity contribution < 1.29 is 4.79 Å². The van der Waals surface area contributed by atoms with Crippen LogP contribution in [-0.4, -0.2) is 16.8 Å². The van der Waals surface area contributed by atoms with Crippen LogP contribution in [0.2, 0.25) is 10.0 Å². The van der Waals surface area contributed by atoms with Gasteiger partial charge in [-0.3, -0.25) is 0 Å². The number of aromatic nitrogens is 1. The molecule has 2 amide bonds. The number of carbonyl (C=O) groups excluding carboxylic acids is 1. The van der Waals surface area contributed by atoms with Crippen molar-refractivity contribution in [2.45, 2.75) is 6.54 Å². The summed E-state index contributed by atoms with van der Waals surface area (Å²) in [5.74, 6) is 0. The molecule has 0 radical (unpaired) electrons. The zero-order valence-corrected chi connectivity index (χ0v) is 14.1. The number of halogens is 2. The second kappa shape index (κ2) is 6.95. The molecule has 1 aromatic heterocycles. The van der Waals surface area contributed by atoms with E-state index in [1.165, 1.54) is 0 Å². The predicted octanol–water partition coefficient (Wildman–Crippen LogP) is 4.00. The second-order valence-corrected chi connectivity index (χ2v) is 6.03. The van der Waals surface area contributed by atoms with Gasteiger partial charge in [0.1, 0.15) is 0 Å². The van der Waals surface area contributed by atoms with E-state index in [0.717, 1.165) is 22.0 Å². The van der Waals surface area contributed by atoms with E-state index in [1.807, 2.05) is 42.6 Å². The fourth-order valence-corrected chi connectivity index (χ4v) is 2.83. The Morgan fingerprint density at radius 1 is 1.21 bits per heavy atom. The van der Waals surface area contributed by atoms with Crippen molar-refractivity contribution >= 4 is 46.4 Å². The zero-order chi connectivity index (χ0) is 17.1. The molecule has 2 aromatic carbocycles. The smallest absolute Gasteiger partial charge is 0.332 e. The summed E-state index contributed by atoms with van der Waals surface area (Å²) >= 11 is 12.1. The van der Waals surface area contributed by atoms with Crippen LogP contribution in [0.5, 0.6) is 0 Å². The highest BCUT2D eigenvalue weighted by Crippen LogP contribution is 2.25. The fraction of sp³-hybridized carbons (Fsp3) is 0.0588. The zero-order valence-electron chi connectivity index (χ0n) is 12.5. The van der Waals surface area contributed by atoms with Crippen molar-refractivity contribution in [1.82, 2.24) is 9.99 Å². The van der Waals surface area contributed by atoms with E-state index in [9.17, 15) is 4.79 Å². The molecule has 0 unspecified atom stereocenters. The molecule has 0 bridgehead atoms. The van der Waals surface area contributed by atoms with Crippen LogP contribution in [0.15, 0.2) is 53.8 Å². The first-order valence-electron chi connectivity index (χ1n) is 7.15. The highest BCUT2D eigenvalue weighted by molar-refractivity contribution is 6.42. The number of nitrogens with one attached hydrogen (secondary N) is 1. The van der Waals surface area contributed by atoms with Gasteiger partial charge in [-0.2, -0.15) is 5.10 Å². The predicted molar refractivity (Wildman–Crippen MR) is 97.8 cm³/mol. The lowest BCUT2D eigenvalue weighted by Crippen LogP contribution is -2.24. The van der Waals surface area contributed by atoms with Crippen LogP contribution >= 0.6 is 23.2 Å². The monoisotopic (exact) mass is 360 g/mol. The Hall–Kier alpha value is -2.50. The minimum Gasteiger partial charge on any atom is -0.350 e. The van der Waals surface area contributed by atoms with Crippen molar-refractivity contribution in [3.63, 3.8) is 0 Å². The van der Waals surface area contributed by atoms with Crippen molar-refractivity contribution in [2.75, 3.05) is 0 Å². The van der Waals surface area contributed by atoms with Crippen LogP contribution in [0.25, 0.3) is 10.9 Å². The minimum atomic E-state index is -0.703. The molecule has 0 saturated carbocycles. The Balaban J connectivity index is 1.97. The summed E-state index contributed by atoms with van der Waals surface area (Å²) in [6.07, 6.45) is 3.53. The van der Waals surface area contributed by atoms with Gasteiger partial charge in [-0.05, 0) is 23.8 Å². The largest absolute Gasteiger partial charge is 0.350 e. The standard InChI is InChI=1S/C17H14Cl2N4O/c18-14-6-5-11(7-15(14)19)9-23-10-12(8-21-22-17(20)24)13-3-1-2-4-16(13)23/h1-8,10H,9H2,(H3,20,22,24). The molecule has 0 aliphatic carbocycles. The molecule has 0 spiro atoms. The van der Waals surface area contributed by atoms with Gasteiger partial charge in [0.25, 0.3) is 0 Å². The summed E-state index contributed by atoms with van der Waals surface area (Å²) in [6.45, 7) is 0.633. The molecule has 5 nitrogen and oxygen atoms in total. The maximum atomic E-state index is 10.7. The first-order valence-corrected chi connectivity index (χ1v) is 7.90. The average molecular weight is 361 g/mol. The van der Waals surface area contributed by atoms with Gasteiger partial charge >= 0.3 is 6.03 Å². The van der Waals surface area contributed by atoms with Crippen LogP contribution in [0.3, 0.4) is 0 Å². The van der Waals surface area contributed by atoms with E-state index in [4.69, 9.17) is 28.9 Å². The van der Waals surface area contributed by atoms with Gasteiger partial charge in [0.2, 0.25) is 0 Å². The van der Waals surface area contributed by atoms with Crippen molar-refractivity contribution in [3.8, 4) is 0 Å². The molecule has 0 aliphatic rings. The van der Waals surface area contributed by atoms with E-state index >= 15 is 0 Å². The third kappa shape index (κ3) is 3.53. The third-order valence-electron chi connectivity index (χ3n) is 3.53. The number of urea groups is 1. The number of benzene rings is 2. The maximum Gasteiger partial charge on any atom is 0.332 e. The molecule has 3 N–H and O–H groups in total. The summed E-state index contributed by atoms with van der Waals surface area (Å²) in [4.78, 5) is 10.7. The number of carbonyl (C=O) groups is 1. The quantitative estimate of drug-likeness (QED) is 0.535. The highest BCUT2D eigenvalue weighted by Gasteiger charge is 2.08. The van der Waals surface area contributed by atoms with Gasteiger partial charge in [0.15, 0.2) is 0 Å². The van der Waals surface area contributed by atoms with E-state index in [0.29, 0.717) is 16.6 Å². The van der Waals surface area contributed by atoms with Crippen molar-refractivity contribution in [1.29, 1.82) is 0 Å². The highest BCUT2D eigenvalue weighted by atomic mass is 35.5. The number of hydrogen-bond donors (Lipinski definition) is 2. The number of hydrazone groups is 1. The Bertz CT molecular complexity index is 933. The second-order valence-electron chi connectivity index (χ2n) is 5.21. The summed E-state index contributed by atoms with van der Waals surface area (Å²) in [7, 11) is 0. The van der Waals surface area contributed by atoms with Crippen LogP contribution < -0.4 is 11.2 Å². The number of nitrogens with zero attached hydrogens (tertiary/aromatic N) is 2. The SMILES string of the molecule is NC(=O)NN=Cc1cn(Cc2ccc(Cl)c(Cl)c2)c2ccccc12. The molecule has 122 valence electrons. The number of amides is 2. The summed E-state index contributed by atoms with van der Waals surface area (Å²) < 4.78 is 2.08. The van der Waals surface area contributed by atoms with Crippen LogP contribution in [0, 0.1) is 0 Å². The third-order valence-corrected chi connectivity index (χ3v) is 4.27. The molecule has 7 heteroatoms. The molecule has 24 heavy (non-hydrogen) atoms. The first kappa shape index (κ1) is 16.4. The van der Waals surface area contributed by atoms with Gasteiger partial charge in [-0.1, -0.05) is 47.5 Å². The lowest BCUT2D eigenvalue weighted by molar-refractivity contribution is 0.249. The number of fused-ring (bicyclic) bond motifs is 1. The number of para-hydroxylation sites is 1. The molecule has 1 heterocycles. The number of primary amides is 1. The minimum absolute atomic E-state index is 0.526. The lowest BCUT2D eigenvalue weighted by atomic mass is 10.2. The van der Waals surface area contributed by atoms with Gasteiger partial charge in [0, 0.05) is 29.2 Å². The molecule has 0 aliphatic heterocycles. The lowest BCUT2D eigenvalue weighted by Gasteiger charge is -2.06. The molecule has 0 atom stereocenters. The van der Waals surface area contributed by atoms with Gasteiger partial charge in [-0.15, -0.1) is 0 Å². The molecule has 0 saturated heterocycles. The average Bonchev–Trinajstić information content (AvgIpc) is 2.89. The maximum absolute atomic E-state index is 10.7. The molecular formula is C17H14Cl2N4O. The number of hydrogen-bond acceptors (Lipinski definition) is 2. The summed E-state index contributed by atoms with van der Waals surface area (Å²) in [5.41, 5.74) is 10.2. The first-order chi connectivity index (χ1) is 11.5. The molecule has 0 fully saturated rings. The Kier molecular flexibility index (Phi) is 4.74. The fourth-order valence-electron chi connectivity index (χ4n) is 2.51. The Morgan fingerprint density at radius 3 is 2.75 bits per heavy atom. The van der Waals surface area contributed by atoms with E-state index < -0.39 is 6.03 Å². The van der Waals surface area contributed by atoms with E-state index in [2.05, 4.69) is 15.1 Å².